The fourth-order valence-electron chi connectivity index (χ4n) is 1.27. The number of nitrogens with zero attached hydrogens (tertiary/aromatic N) is 1. The van der Waals surface area contributed by atoms with Crippen molar-refractivity contribution < 1.29 is 4.79 Å². The number of primary amides is 1. The van der Waals surface area contributed by atoms with Crippen LogP contribution in [0.4, 0.5) is 0 Å². The Hall–Kier alpha value is -1.68. The molecule has 0 bridgehead atoms. The van der Waals surface area contributed by atoms with Gasteiger partial charge in [-0.05, 0) is 43.0 Å². The van der Waals surface area contributed by atoms with Crippen LogP contribution in [0.5, 0.6) is 0 Å². The van der Waals surface area contributed by atoms with Gasteiger partial charge >= 0.3 is 0 Å². The Morgan fingerprint density at radius 3 is 2.59 bits per heavy atom. The Morgan fingerprint density at radius 1 is 1.41 bits per heavy atom. The average molecular weight is 248 g/mol. The van der Waals surface area contributed by atoms with Crippen LogP contribution in [0, 0.1) is 13.8 Å². The summed E-state index contributed by atoms with van der Waals surface area (Å²) in [5.41, 5.74) is 7.31. The molecule has 3 nitrogen and oxygen atoms in total. The summed E-state index contributed by atoms with van der Waals surface area (Å²) < 4.78 is 0. The highest BCUT2D eigenvalue weighted by Crippen LogP contribution is 2.07. The van der Waals surface area contributed by atoms with Gasteiger partial charge in [0.05, 0.1) is 6.42 Å². The molecule has 0 saturated heterocycles. The number of carbonyl (C=O) groups is 1. The van der Waals surface area contributed by atoms with Gasteiger partial charge in [0.1, 0.15) is 0 Å². The van der Waals surface area contributed by atoms with Crippen molar-refractivity contribution in [1.29, 1.82) is 0 Å². The van der Waals surface area contributed by atoms with E-state index in [2.05, 4.69) is 18.0 Å². The number of hydrogen-bond acceptors (Lipinski definition) is 3. The first-order chi connectivity index (χ1) is 8.08. The van der Waals surface area contributed by atoms with Crippen molar-refractivity contribution in [2.24, 2.45) is 5.73 Å². The number of aryl methyl sites for hydroxylation is 2. The van der Waals surface area contributed by atoms with Gasteiger partial charge in [0.15, 0.2) is 0 Å². The molecule has 0 aromatic carbocycles. The third-order valence-corrected chi connectivity index (χ3v) is 2.86. The highest BCUT2D eigenvalue weighted by molar-refractivity contribution is 7.10. The van der Waals surface area contributed by atoms with E-state index in [1.165, 1.54) is 5.56 Å². The Labute approximate surface area is 105 Å². The maximum atomic E-state index is 10.3. The van der Waals surface area contributed by atoms with Crippen molar-refractivity contribution in [3.63, 3.8) is 0 Å². The second kappa shape index (κ2) is 6.81. The lowest BCUT2D eigenvalue weighted by atomic mass is 10.3. The standard InChI is InChI=1S/C7H9N.C6H7NOS/c1-6-3-4-8-7(2)5-6;7-6(8)4-5-2-1-3-9-5/h3-5H,1-2H3;1-3H,4H2,(H2,7,8). The zero-order valence-corrected chi connectivity index (χ0v) is 10.8. The largest absolute Gasteiger partial charge is 0.369 e. The van der Waals surface area contributed by atoms with Crippen LogP contribution in [0.15, 0.2) is 35.8 Å². The molecule has 2 heterocycles. The number of rotatable bonds is 2. The number of nitrogens with two attached hydrogens (primary N) is 1. The number of hydrogen-bond donors (Lipinski definition) is 1. The molecule has 0 unspecified atom stereocenters. The summed E-state index contributed by atoms with van der Waals surface area (Å²) >= 11 is 1.55. The van der Waals surface area contributed by atoms with Crippen LogP contribution in [-0.4, -0.2) is 10.9 Å². The molecule has 2 aromatic rings. The summed E-state index contributed by atoms with van der Waals surface area (Å²) in [4.78, 5) is 15.4. The highest BCUT2D eigenvalue weighted by Gasteiger charge is 1.96. The van der Waals surface area contributed by atoms with Crippen molar-refractivity contribution in [3.05, 3.63) is 52.0 Å². The molecular formula is C13H16N2OS. The van der Waals surface area contributed by atoms with Gasteiger partial charge in [0.2, 0.25) is 5.91 Å². The summed E-state index contributed by atoms with van der Waals surface area (Å²) in [6.07, 6.45) is 2.20. The van der Waals surface area contributed by atoms with Crippen molar-refractivity contribution in [1.82, 2.24) is 4.98 Å². The van der Waals surface area contributed by atoms with Gasteiger partial charge in [-0.3, -0.25) is 9.78 Å². The fourth-order valence-corrected chi connectivity index (χ4v) is 1.99. The second-order valence-electron chi connectivity index (χ2n) is 3.70. The predicted octanol–water partition coefficient (Wildman–Crippen LogP) is 2.47. The van der Waals surface area contributed by atoms with Crippen molar-refractivity contribution in [2.45, 2.75) is 20.3 Å². The van der Waals surface area contributed by atoms with E-state index in [0.717, 1.165) is 10.6 Å². The molecule has 17 heavy (non-hydrogen) atoms. The zero-order valence-electron chi connectivity index (χ0n) is 10.0. The quantitative estimate of drug-likeness (QED) is 0.887. The molecule has 0 saturated carbocycles. The van der Waals surface area contributed by atoms with Crippen LogP contribution >= 0.6 is 11.3 Å². The topological polar surface area (TPSA) is 56.0 Å². The monoisotopic (exact) mass is 248 g/mol. The van der Waals surface area contributed by atoms with Crippen LogP contribution in [-0.2, 0) is 11.2 Å². The summed E-state index contributed by atoms with van der Waals surface area (Å²) in [7, 11) is 0. The normalized spacial score (nSPS) is 9.29. The Bertz CT molecular complexity index is 449. The van der Waals surface area contributed by atoms with E-state index < -0.39 is 0 Å². The molecular weight excluding hydrogens is 232 g/mol. The molecule has 2 aromatic heterocycles. The maximum Gasteiger partial charge on any atom is 0.222 e. The first-order valence-electron chi connectivity index (χ1n) is 5.28. The van der Waals surface area contributed by atoms with Crippen LogP contribution in [0.1, 0.15) is 16.1 Å². The number of pyridine rings is 1. The molecule has 4 heteroatoms. The van der Waals surface area contributed by atoms with Gasteiger partial charge < -0.3 is 5.73 Å². The number of thiophene rings is 1. The molecule has 0 atom stereocenters. The average Bonchev–Trinajstić information content (AvgIpc) is 2.69. The summed E-state index contributed by atoms with van der Waals surface area (Å²) in [6.45, 7) is 4.06. The SMILES string of the molecule is Cc1ccnc(C)c1.NC(=O)Cc1cccs1. The van der Waals surface area contributed by atoms with E-state index in [1.54, 1.807) is 11.3 Å². The van der Waals surface area contributed by atoms with Crippen LogP contribution in [0.25, 0.3) is 0 Å². The van der Waals surface area contributed by atoms with E-state index >= 15 is 0 Å². The van der Waals surface area contributed by atoms with Gasteiger partial charge in [-0.1, -0.05) is 6.07 Å². The van der Waals surface area contributed by atoms with E-state index in [-0.39, 0.29) is 5.91 Å². The predicted molar refractivity (Wildman–Crippen MR) is 70.9 cm³/mol. The van der Waals surface area contributed by atoms with Crippen LogP contribution < -0.4 is 5.73 Å². The minimum Gasteiger partial charge on any atom is -0.369 e. The van der Waals surface area contributed by atoms with Gasteiger partial charge in [0, 0.05) is 16.8 Å². The highest BCUT2D eigenvalue weighted by atomic mass is 32.1. The van der Waals surface area contributed by atoms with Crippen molar-refractivity contribution in [3.8, 4) is 0 Å². The van der Waals surface area contributed by atoms with Gasteiger partial charge in [-0.15, -0.1) is 11.3 Å². The first-order valence-corrected chi connectivity index (χ1v) is 6.16. The Morgan fingerprint density at radius 2 is 2.18 bits per heavy atom. The van der Waals surface area contributed by atoms with Gasteiger partial charge in [-0.25, -0.2) is 0 Å². The lowest BCUT2D eigenvalue weighted by Gasteiger charge is -1.90. The lowest BCUT2D eigenvalue weighted by molar-refractivity contribution is -0.117. The molecule has 0 spiro atoms. The summed E-state index contributed by atoms with van der Waals surface area (Å²) in [5.74, 6) is -0.266. The smallest absolute Gasteiger partial charge is 0.222 e. The number of amides is 1. The Balaban J connectivity index is 0.000000171. The van der Waals surface area contributed by atoms with Gasteiger partial charge in [-0.2, -0.15) is 0 Å². The van der Waals surface area contributed by atoms with E-state index in [9.17, 15) is 4.79 Å². The molecule has 0 aliphatic heterocycles. The molecule has 0 fully saturated rings. The molecule has 90 valence electrons. The van der Waals surface area contributed by atoms with Crippen molar-refractivity contribution >= 4 is 17.2 Å². The summed E-state index contributed by atoms with van der Waals surface area (Å²) in [5, 5.41) is 1.93. The molecule has 0 aliphatic rings. The van der Waals surface area contributed by atoms with Gasteiger partial charge in [0.25, 0.3) is 0 Å². The molecule has 1 amide bonds. The van der Waals surface area contributed by atoms with E-state index in [4.69, 9.17) is 5.73 Å². The third kappa shape index (κ3) is 5.82. The zero-order chi connectivity index (χ0) is 12.7. The molecule has 0 radical (unpaired) electrons. The lowest BCUT2D eigenvalue weighted by Crippen LogP contribution is -2.12. The Kier molecular flexibility index (Phi) is 5.36. The third-order valence-electron chi connectivity index (χ3n) is 1.98. The first kappa shape index (κ1) is 13.4. The summed E-state index contributed by atoms with van der Waals surface area (Å²) in [6, 6.07) is 7.85. The molecule has 0 aliphatic carbocycles. The molecule has 2 rings (SSSR count). The maximum absolute atomic E-state index is 10.3. The second-order valence-corrected chi connectivity index (χ2v) is 4.73. The number of carbonyl (C=O) groups excluding carboxylic acids is 1. The molecule has 2 N–H and O–H groups in total. The fraction of sp³-hybridized carbons (Fsp3) is 0.231. The van der Waals surface area contributed by atoms with Crippen molar-refractivity contribution in [2.75, 3.05) is 0 Å². The number of aromatic nitrogens is 1. The van der Waals surface area contributed by atoms with E-state index in [0.29, 0.717) is 6.42 Å². The van der Waals surface area contributed by atoms with Crippen LogP contribution in [0.2, 0.25) is 0 Å². The van der Waals surface area contributed by atoms with Crippen LogP contribution in [0.3, 0.4) is 0 Å². The minimum absolute atomic E-state index is 0.266. The van der Waals surface area contributed by atoms with E-state index in [1.807, 2.05) is 36.7 Å². The minimum atomic E-state index is -0.266.